The average molecular weight is 419 g/mol. The van der Waals surface area contributed by atoms with E-state index in [4.69, 9.17) is 0 Å². The first-order chi connectivity index (χ1) is 13.6. The van der Waals surface area contributed by atoms with Gasteiger partial charge in [0.2, 0.25) is 5.91 Å². The molecule has 1 heterocycles. The number of rotatable bonds is 4. The summed E-state index contributed by atoms with van der Waals surface area (Å²) in [5, 5.41) is 3.78. The van der Waals surface area contributed by atoms with E-state index in [0.29, 0.717) is 10.9 Å². The maximum absolute atomic E-state index is 13.1. The number of amides is 1. The van der Waals surface area contributed by atoms with Gasteiger partial charge in [-0.25, -0.2) is 9.97 Å². The maximum Gasteiger partial charge on any atom is 0.418 e. The van der Waals surface area contributed by atoms with Crippen molar-refractivity contribution in [1.82, 2.24) is 9.97 Å². The van der Waals surface area contributed by atoms with Crippen molar-refractivity contribution in [1.29, 1.82) is 0 Å². The lowest BCUT2D eigenvalue weighted by atomic mass is 9.95. The van der Waals surface area contributed by atoms with Crippen LogP contribution in [0.25, 0.3) is 10.9 Å². The van der Waals surface area contributed by atoms with Crippen LogP contribution in [0, 0.1) is 0 Å². The van der Waals surface area contributed by atoms with Crippen molar-refractivity contribution in [2.24, 2.45) is 0 Å². The number of para-hydroxylation sites is 2. The summed E-state index contributed by atoms with van der Waals surface area (Å²) in [6, 6.07) is 12.4. The first-order valence-electron chi connectivity index (χ1n) is 8.92. The van der Waals surface area contributed by atoms with Crippen LogP contribution in [0.5, 0.6) is 0 Å². The number of fused-ring (bicyclic) bond motifs is 1. The van der Waals surface area contributed by atoms with Gasteiger partial charge in [0.25, 0.3) is 0 Å². The van der Waals surface area contributed by atoms with Crippen molar-refractivity contribution >= 4 is 34.3 Å². The minimum atomic E-state index is -4.54. The summed E-state index contributed by atoms with van der Waals surface area (Å²) in [5.74, 6) is 0.0322. The number of anilines is 1. The van der Waals surface area contributed by atoms with E-state index in [1.165, 1.54) is 30.0 Å². The molecule has 0 spiro atoms. The predicted octanol–water partition coefficient (Wildman–Crippen LogP) is 5.68. The fraction of sp³-hybridized carbons (Fsp3) is 0.286. The van der Waals surface area contributed by atoms with Crippen LogP contribution in [0.3, 0.4) is 0 Å². The van der Waals surface area contributed by atoms with Gasteiger partial charge < -0.3 is 5.32 Å². The molecule has 29 heavy (non-hydrogen) atoms. The Morgan fingerprint density at radius 1 is 1.00 bits per heavy atom. The third-order valence-corrected chi connectivity index (χ3v) is 5.08. The number of thioether (sulfide) groups is 1. The third-order valence-electron chi connectivity index (χ3n) is 4.09. The van der Waals surface area contributed by atoms with Gasteiger partial charge in [-0.15, -0.1) is 0 Å². The van der Waals surface area contributed by atoms with Crippen LogP contribution in [-0.2, 0) is 16.4 Å². The monoisotopic (exact) mass is 419 g/mol. The summed E-state index contributed by atoms with van der Waals surface area (Å²) in [5.41, 5.74) is -0.653. The zero-order chi connectivity index (χ0) is 21.2. The molecule has 1 aromatic heterocycles. The van der Waals surface area contributed by atoms with E-state index in [-0.39, 0.29) is 16.9 Å². The Morgan fingerprint density at radius 2 is 1.66 bits per heavy atom. The molecule has 3 rings (SSSR count). The summed E-state index contributed by atoms with van der Waals surface area (Å²) >= 11 is 1.18. The highest BCUT2D eigenvalue weighted by atomic mass is 32.2. The first-order valence-corrected chi connectivity index (χ1v) is 9.90. The molecule has 2 aromatic carbocycles. The smallest absolute Gasteiger partial charge is 0.325 e. The second-order valence-corrected chi connectivity index (χ2v) is 8.46. The lowest BCUT2D eigenvalue weighted by Gasteiger charge is -2.18. The fourth-order valence-corrected chi connectivity index (χ4v) is 3.47. The molecule has 0 saturated carbocycles. The quantitative estimate of drug-likeness (QED) is 0.437. The Bertz CT molecular complexity index is 1050. The fourth-order valence-electron chi connectivity index (χ4n) is 2.65. The first kappa shape index (κ1) is 21.1. The number of hydrogen-bond donors (Lipinski definition) is 1. The summed E-state index contributed by atoms with van der Waals surface area (Å²) < 4.78 is 39.3. The van der Waals surface area contributed by atoms with Crippen LogP contribution in [-0.4, -0.2) is 21.6 Å². The normalized spacial score (nSPS) is 12.2. The van der Waals surface area contributed by atoms with Crippen molar-refractivity contribution in [3.8, 4) is 0 Å². The molecule has 0 fully saturated rings. The maximum atomic E-state index is 13.1. The molecule has 1 N–H and O–H groups in total. The molecule has 0 atom stereocenters. The molecule has 0 radical (unpaired) electrons. The molecule has 8 heteroatoms. The van der Waals surface area contributed by atoms with Crippen LogP contribution in [0.1, 0.15) is 32.2 Å². The second-order valence-electron chi connectivity index (χ2n) is 7.50. The standard InChI is InChI=1S/C21H20F3N3OS/c1-20(2,3)19-26-15-10-6-4-8-13(15)18(27-19)29-12-17(28)25-16-11-7-5-9-14(16)21(22,23)24/h4-11H,12H2,1-3H3,(H,25,28). The second kappa shape index (κ2) is 8.02. The largest absolute Gasteiger partial charge is 0.418 e. The zero-order valence-corrected chi connectivity index (χ0v) is 17.0. The van der Waals surface area contributed by atoms with Crippen LogP contribution in [0.15, 0.2) is 53.6 Å². The van der Waals surface area contributed by atoms with Crippen molar-refractivity contribution < 1.29 is 18.0 Å². The van der Waals surface area contributed by atoms with E-state index in [2.05, 4.69) is 15.3 Å². The van der Waals surface area contributed by atoms with Crippen molar-refractivity contribution in [3.63, 3.8) is 0 Å². The Hall–Kier alpha value is -2.61. The molecular weight excluding hydrogens is 399 g/mol. The van der Waals surface area contributed by atoms with Crippen molar-refractivity contribution in [2.75, 3.05) is 11.1 Å². The Kier molecular flexibility index (Phi) is 5.84. The Labute approximate surface area is 170 Å². The number of hydrogen-bond acceptors (Lipinski definition) is 4. The van der Waals surface area contributed by atoms with Crippen LogP contribution < -0.4 is 5.32 Å². The highest BCUT2D eigenvalue weighted by Gasteiger charge is 2.33. The molecule has 0 aliphatic carbocycles. The summed E-state index contributed by atoms with van der Waals surface area (Å²) in [6.45, 7) is 5.98. The summed E-state index contributed by atoms with van der Waals surface area (Å²) in [6.07, 6.45) is -4.54. The third kappa shape index (κ3) is 5.06. The number of benzene rings is 2. The molecule has 0 aliphatic heterocycles. The average Bonchev–Trinajstić information content (AvgIpc) is 2.64. The molecule has 0 bridgehead atoms. The minimum Gasteiger partial charge on any atom is -0.325 e. The van der Waals surface area contributed by atoms with Crippen molar-refractivity contribution in [2.45, 2.75) is 37.4 Å². The number of nitrogens with one attached hydrogen (secondary N) is 1. The molecule has 152 valence electrons. The van der Waals surface area contributed by atoms with Gasteiger partial charge in [0.15, 0.2) is 0 Å². The van der Waals surface area contributed by atoms with Gasteiger partial charge in [0, 0.05) is 10.8 Å². The number of halogens is 3. The molecule has 0 saturated heterocycles. The molecule has 4 nitrogen and oxygen atoms in total. The van der Waals surface area contributed by atoms with E-state index in [9.17, 15) is 18.0 Å². The van der Waals surface area contributed by atoms with Crippen LogP contribution >= 0.6 is 11.8 Å². The van der Waals surface area contributed by atoms with Gasteiger partial charge in [0.05, 0.1) is 22.5 Å². The summed E-state index contributed by atoms with van der Waals surface area (Å²) in [4.78, 5) is 21.5. The molecule has 3 aromatic rings. The lowest BCUT2D eigenvalue weighted by molar-refractivity contribution is -0.137. The van der Waals surface area contributed by atoms with E-state index in [0.717, 1.165) is 17.0 Å². The van der Waals surface area contributed by atoms with E-state index in [1.807, 2.05) is 45.0 Å². The number of carbonyl (C=O) groups is 1. The molecule has 0 unspecified atom stereocenters. The van der Waals surface area contributed by atoms with Crippen molar-refractivity contribution in [3.05, 3.63) is 59.9 Å². The zero-order valence-electron chi connectivity index (χ0n) is 16.2. The van der Waals surface area contributed by atoms with E-state index < -0.39 is 17.6 Å². The predicted molar refractivity (Wildman–Crippen MR) is 109 cm³/mol. The number of nitrogens with zero attached hydrogens (tertiary/aromatic N) is 2. The van der Waals surface area contributed by atoms with E-state index in [1.54, 1.807) is 0 Å². The molecule has 0 aliphatic rings. The summed E-state index contributed by atoms with van der Waals surface area (Å²) in [7, 11) is 0. The Morgan fingerprint density at radius 3 is 2.34 bits per heavy atom. The van der Waals surface area contributed by atoms with Crippen LogP contribution in [0.2, 0.25) is 0 Å². The highest BCUT2D eigenvalue weighted by Crippen LogP contribution is 2.35. The Balaban J connectivity index is 1.82. The van der Waals surface area contributed by atoms with Gasteiger partial charge in [0.1, 0.15) is 10.9 Å². The van der Waals surface area contributed by atoms with Gasteiger partial charge in [-0.3, -0.25) is 4.79 Å². The highest BCUT2D eigenvalue weighted by molar-refractivity contribution is 8.00. The minimum absolute atomic E-state index is 0.0726. The SMILES string of the molecule is CC(C)(C)c1nc(SCC(=O)Nc2ccccc2C(F)(F)F)c2ccccc2n1. The van der Waals surface area contributed by atoms with Crippen LogP contribution in [0.4, 0.5) is 18.9 Å². The van der Waals surface area contributed by atoms with Gasteiger partial charge in [-0.05, 0) is 18.2 Å². The number of carbonyl (C=O) groups excluding carboxylic acids is 1. The van der Waals surface area contributed by atoms with Gasteiger partial charge >= 0.3 is 6.18 Å². The van der Waals surface area contributed by atoms with Gasteiger partial charge in [-0.1, -0.05) is 62.9 Å². The molecular formula is C21H20F3N3OS. The lowest BCUT2D eigenvalue weighted by Crippen LogP contribution is -2.19. The van der Waals surface area contributed by atoms with Gasteiger partial charge in [-0.2, -0.15) is 13.2 Å². The van der Waals surface area contributed by atoms with E-state index >= 15 is 0 Å². The number of aromatic nitrogens is 2. The number of alkyl halides is 3. The molecule has 1 amide bonds. The topological polar surface area (TPSA) is 54.9 Å².